The summed E-state index contributed by atoms with van der Waals surface area (Å²) >= 11 is 0. The minimum absolute atomic E-state index is 0.507. The van der Waals surface area contributed by atoms with Crippen LogP contribution in [0, 0.1) is 6.92 Å². The summed E-state index contributed by atoms with van der Waals surface area (Å²) in [5.74, 6) is 0.507. The van der Waals surface area contributed by atoms with E-state index in [9.17, 15) is 0 Å². The summed E-state index contributed by atoms with van der Waals surface area (Å²) < 4.78 is 0. The van der Waals surface area contributed by atoms with Crippen LogP contribution in [0.3, 0.4) is 0 Å². The molecular weight excluding hydrogens is 144 g/mol. The molecule has 0 aromatic heterocycles. The van der Waals surface area contributed by atoms with Gasteiger partial charge in [-0.1, -0.05) is 49.4 Å². The summed E-state index contributed by atoms with van der Waals surface area (Å²) in [6, 6.07) is 10.5. The van der Waals surface area contributed by atoms with Crippen molar-refractivity contribution < 1.29 is 0 Å². The molecule has 0 heterocycles. The van der Waals surface area contributed by atoms with Gasteiger partial charge in [0, 0.05) is 0 Å². The summed E-state index contributed by atoms with van der Waals surface area (Å²) in [7, 11) is 0. The molecule has 0 aliphatic carbocycles. The molecule has 0 saturated carbocycles. The molecule has 0 spiro atoms. The van der Waals surface area contributed by atoms with E-state index < -0.39 is 0 Å². The number of rotatable bonds is 3. The number of allylic oxidation sites excluding steroid dienone is 2. The summed E-state index contributed by atoms with van der Waals surface area (Å²) in [6.07, 6.45) is 5.18. The van der Waals surface area contributed by atoms with Gasteiger partial charge < -0.3 is 0 Å². The third kappa shape index (κ3) is 2.54. The summed E-state index contributed by atoms with van der Waals surface area (Å²) in [5, 5.41) is 0. The van der Waals surface area contributed by atoms with Crippen molar-refractivity contribution in [2.75, 3.05) is 0 Å². The van der Waals surface area contributed by atoms with Crippen molar-refractivity contribution in [1.82, 2.24) is 0 Å². The van der Waals surface area contributed by atoms with Crippen molar-refractivity contribution >= 4 is 0 Å². The number of hydrogen-bond donors (Lipinski definition) is 0. The molecule has 12 heavy (non-hydrogen) atoms. The van der Waals surface area contributed by atoms with Crippen LogP contribution in [0.4, 0.5) is 0 Å². The molecule has 0 bridgehead atoms. The molecule has 0 amide bonds. The van der Waals surface area contributed by atoms with Gasteiger partial charge in [0.15, 0.2) is 0 Å². The van der Waals surface area contributed by atoms with E-state index in [0.717, 1.165) is 6.42 Å². The maximum Gasteiger partial charge on any atom is -0.00104 e. The van der Waals surface area contributed by atoms with Gasteiger partial charge in [0.05, 0.1) is 0 Å². The van der Waals surface area contributed by atoms with E-state index in [1.165, 1.54) is 5.56 Å². The third-order valence-corrected chi connectivity index (χ3v) is 1.92. The summed E-state index contributed by atoms with van der Waals surface area (Å²) in [4.78, 5) is 0. The zero-order chi connectivity index (χ0) is 8.81. The normalized spacial score (nSPS) is 13.5. The Balaban J connectivity index is 2.65. The molecular formula is C12H15. The highest BCUT2D eigenvalue weighted by Gasteiger charge is 1.97. The van der Waals surface area contributed by atoms with Crippen molar-refractivity contribution in [3.05, 3.63) is 55.0 Å². The van der Waals surface area contributed by atoms with Crippen molar-refractivity contribution in [2.45, 2.75) is 19.3 Å². The first-order valence-electron chi connectivity index (χ1n) is 4.35. The van der Waals surface area contributed by atoms with Gasteiger partial charge in [-0.3, -0.25) is 0 Å². The van der Waals surface area contributed by atoms with Gasteiger partial charge in [0.25, 0.3) is 0 Å². The van der Waals surface area contributed by atoms with Crippen LogP contribution in [0.2, 0.25) is 0 Å². The van der Waals surface area contributed by atoms with Gasteiger partial charge in [-0.2, -0.15) is 0 Å². The molecule has 0 fully saturated rings. The Hall–Kier alpha value is -1.04. The molecule has 63 valence electrons. The predicted octanol–water partition coefficient (Wildman–Crippen LogP) is 3.57. The van der Waals surface area contributed by atoms with Crippen LogP contribution in [0.5, 0.6) is 0 Å². The van der Waals surface area contributed by atoms with E-state index in [1.807, 2.05) is 6.07 Å². The van der Waals surface area contributed by atoms with Crippen LogP contribution in [0.1, 0.15) is 24.8 Å². The molecule has 0 saturated heterocycles. The summed E-state index contributed by atoms with van der Waals surface area (Å²) in [6.45, 7) is 5.96. The fourth-order valence-corrected chi connectivity index (χ4v) is 1.17. The molecule has 1 unspecified atom stereocenters. The molecule has 0 heteroatoms. The van der Waals surface area contributed by atoms with E-state index in [0.29, 0.717) is 5.92 Å². The van der Waals surface area contributed by atoms with Crippen molar-refractivity contribution in [3.63, 3.8) is 0 Å². The minimum Gasteiger partial charge on any atom is -0.0879 e. The Labute approximate surface area is 74.9 Å². The Morgan fingerprint density at radius 3 is 2.58 bits per heavy atom. The van der Waals surface area contributed by atoms with Gasteiger partial charge in [-0.05, 0) is 24.8 Å². The van der Waals surface area contributed by atoms with Crippen LogP contribution in [0.25, 0.3) is 0 Å². The topological polar surface area (TPSA) is 0 Å². The van der Waals surface area contributed by atoms with Crippen molar-refractivity contribution in [1.29, 1.82) is 0 Å². The first kappa shape index (κ1) is 9.05. The van der Waals surface area contributed by atoms with Gasteiger partial charge in [0.1, 0.15) is 0 Å². The smallest absolute Gasteiger partial charge is 0.00104 e. The monoisotopic (exact) mass is 159 g/mol. The first-order valence-corrected chi connectivity index (χ1v) is 4.35. The molecule has 0 N–H and O–H groups in total. The number of benzene rings is 1. The first-order chi connectivity index (χ1) is 5.84. The van der Waals surface area contributed by atoms with E-state index in [-0.39, 0.29) is 0 Å². The second kappa shape index (κ2) is 4.76. The SMILES string of the molecule is [CH2]C/C=C/C(C)c1ccccc1. The minimum atomic E-state index is 0.507. The maximum atomic E-state index is 3.76. The van der Waals surface area contributed by atoms with Crippen LogP contribution >= 0.6 is 0 Å². The molecule has 0 nitrogen and oxygen atoms in total. The molecule has 0 aliphatic rings. The van der Waals surface area contributed by atoms with Gasteiger partial charge in [-0.15, -0.1) is 0 Å². The largest absolute Gasteiger partial charge is 0.0879 e. The fourth-order valence-electron chi connectivity index (χ4n) is 1.17. The Morgan fingerprint density at radius 2 is 2.00 bits per heavy atom. The molecule has 1 atom stereocenters. The van der Waals surface area contributed by atoms with Crippen LogP contribution < -0.4 is 0 Å². The second-order valence-electron chi connectivity index (χ2n) is 2.92. The Bertz CT molecular complexity index is 233. The average Bonchev–Trinajstić information content (AvgIpc) is 2.15. The average molecular weight is 159 g/mol. The van der Waals surface area contributed by atoms with E-state index >= 15 is 0 Å². The quantitative estimate of drug-likeness (QED) is 0.591. The van der Waals surface area contributed by atoms with E-state index in [4.69, 9.17) is 0 Å². The molecule has 1 aromatic carbocycles. The molecule has 1 aromatic rings. The highest BCUT2D eigenvalue weighted by atomic mass is 14.0. The van der Waals surface area contributed by atoms with E-state index in [2.05, 4.69) is 50.3 Å². The molecule has 1 rings (SSSR count). The van der Waals surface area contributed by atoms with Crippen molar-refractivity contribution in [2.24, 2.45) is 0 Å². The van der Waals surface area contributed by atoms with Gasteiger partial charge >= 0.3 is 0 Å². The zero-order valence-corrected chi connectivity index (χ0v) is 7.53. The Kier molecular flexibility index (Phi) is 3.59. The summed E-state index contributed by atoms with van der Waals surface area (Å²) in [5.41, 5.74) is 1.36. The third-order valence-electron chi connectivity index (χ3n) is 1.92. The van der Waals surface area contributed by atoms with Crippen LogP contribution in [0.15, 0.2) is 42.5 Å². The number of hydrogen-bond acceptors (Lipinski definition) is 0. The van der Waals surface area contributed by atoms with Crippen molar-refractivity contribution in [3.8, 4) is 0 Å². The molecule has 0 aliphatic heterocycles. The van der Waals surface area contributed by atoms with E-state index in [1.54, 1.807) is 0 Å². The predicted molar refractivity (Wildman–Crippen MR) is 54.0 cm³/mol. The van der Waals surface area contributed by atoms with Gasteiger partial charge in [-0.25, -0.2) is 0 Å². The standard InChI is InChI=1S/C12H15/c1-3-4-8-11(2)12-9-6-5-7-10-12/h4-11H,1,3H2,2H3/b8-4+. The lowest BCUT2D eigenvalue weighted by Gasteiger charge is -2.04. The second-order valence-corrected chi connectivity index (χ2v) is 2.92. The maximum absolute atomic E-state index is 3.76. The lowest BCUT2D eigenvalue weighted by molar-refractivity contribution is 0.961. The van der Waals surface area contributed by atoms with Crippen LogP contribution in [-0.4, -0.2) is 0 Å². The van der Waals surface area contributed by atoms with Gasteiger partial charge in [0.2, 0.25) is 0 Å². The highest BCUT2D eigenvalue weighted by Crippen LogP contribution is 2.15. The fraction of sp³-hybridized carbons (Fsp3) is 0.250. The van der Waals surface area contributed by atoms with Crippen LogP contribution in [-0.2, 0) is 0 Å². The molecule has 1 radical (unpaired) electrons. The Morgan fingerprint density at radius 1 is 1.33 bits per heavy atom. The lowest BCUT2D eigenvalue weighted by Crippen LogP contribution is -1.86. The highest BCUT2D eigenvalue weighted by molar-refractivity contribution is 5.22. The lowest BCUT2D eigenvalue weighted by atomic mass is 10.0. The zero-order valence-electron chi connectivity index (χ0n) is 7.53.